The first kappa shape index (κ1) is 20.9. The Morgan fingerprint density at radius 2 is 1.76 bits per heavy atom. The zero-order chi connectivity index (χ0) is 21.2. The Labute approximate surface area is 169 Å². The van der Waals surface area contributed by atoms with Crippen LogP contribution in [0.5, 0.6) is 0 Å². The van der Waals surface area contributed by atoms with Crippen molar-refractivity contribution in [2.75, 3.05) is 18.4 Å². The maximum absolute atomic E-state index is 12.8. The summed E-state index contributed by atoms with van der Waals surface area (Å²) in [4.78, 5) is 23.0. The molecule has 1 fully saturated rings. The number of hydrogen-bond donors (Lipinski definition) is 1. The van der Waals surface area contributed by atoms with Gasteiger partial charge in [0, 0.05) is 36.0 Å². The van der Waals surface area contributed by atoms with Crippen molar-refractivity contribution < 1.29 is 18.1 Å². The second-order valence-electron chi connectivity index (χ2n) is 7.32. The Morgan fingerprint density at radius 1 is 1.14 bits per heavy atom. The second-order valence-corrected chi connectivity index (χ2v) is 9.26. The van der Waals surface area contributed by atoms with Crippen LogP contribution in [0.15, 0.2) is 47.4 Å². The van der Waals surface area contributed by atoms with Crippen LogP contribution in [0.4, 0.5) is 11.4 Å². The van der Waals surface area contributed by atoms with Crippen molar-refractivity contribution in [3.05, 3.63) is 63.7 Å². The highest BCUT2D eigenvalue weighted by atomic mass is 32.2. The summed E-state index contributed by atoms with van der Waals surface area (Å²) in [5.74, 6) is 0.103. The molecule has 0 atom stereocenters. The highest BCUT2D eigenvalue weighted by Gasteiger charge is 2.28. The number of nitro groups is 1. The lowest BCUT2D eigenvalue weighted by molar-refractivity contribution is -0.385. The highest BCUT2D eigenvalue weighted by molar-refractivity contribution is 7.89. The van der Waals surface area contributed by atoms with Crippen LogP contribution in [0.25, 0.3) is 0 Å². The van der Waals surface area contributed by atoms with Crippen molar-refractivity contribution in [1.29, 1.82) is 0 Å². The fraction of sp³-hybridized carbons (Fsp3) is 0.350. The van der Waals surface area contributed by atoms with E-state index < -0.39 is 20.9 Å². The first-order valence-corrected chi connectivity index (χ1v) is 10.8. The van der Waals surface area contributed by atoms with Crippen LogP contribution < -0.4 is 5.32 Å². The summed E-state index contributed by atoms with van der Waals surface area (Å²) in [7, 11) is -3.54. The summed E-state index contributed by atoms with van der Waals surface area (Å²) in [5, 5.41) is 13.6. The quantitative estimate of drug-likeness (QED) is 0.591. The van der Waals surface area contributed by atoms with Crippen LogP contribution in [-0.2, 0) is 10.0 Å². The third-order valence-electron chi connectivity index (χ3n) is 5.15. The van der Waals surface area contributed by atoms with Crippen LogP contribution in [0.3, 0.4) is 0 Å². The van der Waals surface area contributed by atoms with Crippen molar-refractivity contribution in [1.82, 2.24) is 4.31 Å². The molecular weight excluding hydrogens is 394 g/mol. The highest BCUT2D eigenvalue weighted by Crippen LogP contribution is 2.25. The molecule has 9 heteroatoms. The fourth-order valence-corrected chi connectivity index (χ4v) is 4.76. The zero-order valence-corrected chi connectivity index (χ0v) is 17.1. The number of carbonyl (C=O) groups is 1. The Balaban J connectivity index is 1.71. The van der Waals surface area contributed by atoms with Crippen LogP contribution in [0.1, 0.15) is 35.7 Å². The van der Waals surface area contributed by atoms with Crippen molar-refractivity contribution >= 4 is 27.3 Å². The van der Waals surface area contributed by atoms with Crippen LogP contribution in [-0.4, -0.2) is 36.6 Å². The molecule has 29 heavy (non-hydrogen) atoms. The van der Waals surface area contributed by atoms with Gasteiger partial charge in [-0.15, -0.1) is 0 Å². The SMILES string of the molecule is Cc1cc(C(=O)Nc2ccc(S(=O)(=O)N3CCC(C)CC3)cc2)ccc1[N+](=O)[O-]. The average molecular weight is 417 g/mol. The number of nitrogens with zero attached hydrogens (tertiary/aromatic N) is 2. The van der Waals surface area contributed by atoms with Gasteiger partial charge in [0.25, 0.3) is 11.6 Å². The molecule has 0 aromatic heterocycles. The van der Waals surface area contributed by atoms with Crippen LogP contribution >= 0.6 is 0 Å². The van der Waals surface area contributed by atoms with Gasteiger partial charge >= 0.3 is 0 Å². The van der Waals surface area contributed by atoms with Gasteiger partial charge < -0.3 is 5.32 Å². The topological polar surface area (TPSA) is 110 Å². The summed E-state index contributed by atoms with van der Waals surface area (Å²) in [6, 6.07) is 10.2. The molecule has 0 unspecified atom stereocenters. The molecule has 1 aliphatic rings. The predicted molar refractivity (Wildman–Crippen MR) is 109 cm³/mol. The predicted octanol–water partition coefficient (Wildman–Crippen LogP) is 3.58. The molecule has 1 amide bonds. The zero-order valence-electron chi connectivity index (χ0n) is 16.3. The number of carbonyl (C=O) groups excluding carboxylic acids is 1. The van der Waals surface area contributed by atoms with E-state index in [9.17, 15) is 23.3 Å². The number of hydrogen-bond acceptors (Lipinski definition) is 5. The van der Waals surface area contributed by atoms with Gasteiger partial charge in [-0.3, -0.25) is 14.9 Å². The van der Waals surface area contributed by atoms with E-state index in [0.717, 1.165) is 12.8 Å². The molecule has 8 nitrogen and oxygen atoms in total. The minimum atomic E-state index is -3.54. The van der Waals surface area contributed by atoms with E-state index in [2.05, 4.69) is 12.2 Å². The number of nitro benzene ring substituents is 1. The summed E-state index contributed by atoms with van der Waals surface area (Å²) in [6.07, 6.45) is 1.70. The molecule has 1 saturated heterocycles. The normalized spacial score (nSPS) is 15.8. The van der Waals surface area contributed by atoms with Gasteiger partial charge in [0.05, 0.1) is 9.82 Å². The average Bonchev–Trinajstić information content (AvgIpc) is 2.68. The Morgan fingerprint density at radius 3 is 2.31 bits per heavy atom. The van der Waals surface area contributed by atoms with E-state index in [1.807, 2.05) is 0 Å². The molecule has 0 aliphatic carbocycles. The van der Waals surface area contributed by atoms with Gasteiger partial charge in [-0.1, -0.05) is 6.92 Å². The van der Waals surface area contributed by atoms with E-state index in [-0.39, 0.29) is 16.1 Å². The number of rotatable bonds is 5. The summed E-state index contributed by atoms with van der Waals surface area (Å²) in [6.45, 7) is 4.72. The number of sulfonamides is 1. The smallest absolute Gasteiger partial charge is 0.272 e. The number of nitrogens with one attached hydrogen (secondary N) is 1. The molecule has 1 heterocycles. The lowest BCUT2D eigenvalue weighted by Gasteiger charge is -2.29. The molecule has 0 spiro atoms. The third-order valence-corrected chi connectivity index (χ3v) is 7.06. The molecule has 0 saturated carbocycles. The molecule has 0 radical (unpaired) electrons. The lowest BCUT2D eigenvalue weighted by atomic mass is 10.0. The van der Waals surface area contributed by atoms with Crippen molar-refractivity contribution in [3.8, 4) is 0 Å². The minimum Gasteiger partial charge on any atom is -0.322 e. The fourth-order valence-electron chi connectivity index (χ4n) is 3.29. The van der Waals surface area contributed by atoms with Crippen LogP contribution in [0.2, 0.25) is 0 Å². The number of benzene rings is 2. The monoisotopic (exact) mass is 417 g/mol. The molecule has 2 aromatic rings. The van der Waals surface area contributed by atoms with Crippen molar-refractivity contribution in [2.24, 2.45) is 5.92 Å². The first-order valence-electron chi connectivity index (χ1n) is 9.35. The van der Waals surface area contributed by atoms with E-state index in [4.69, 9.17) is 0 Å². The van der Waals surface area contributed by atoms with Gasteiger partial charge in [0.1, 0.15) is 0 Å². The molecule has 1 N–H and O–H groups in total. The summed E-state index contributed by atoms with van der Waals surface area (Å²) in [5.41, 5.74) is 1.06. The Bertz CT molecular complexity index is 1030. The van der Waals surface area contributed by atoms with Crippen molar-refractivity contribution in [2.45, 2.75) is 31.6 Å². The van der Waals surface area contributed by atoms with Gasteiger partial charge in [0.15, 0.2) is 0 Å². The third kappa shape index (κ3) is 4.63. The summed E-state index contributed by atoms with van der Waals surface area (Å²) < 4.78 is 27.0. The number of piperidine rings is 1. The number of anilines is 1. The van der Waals surface area contributed by atoms with E-state index in [0.29, 0.717) is 30.3 Å². The van der Waals surface area contributed by atoms with Gasteiger partial charge in [0.2, 0.25) is 10.0 Å². The number of aryl methyl sites for hydroxylation is 1. The Hall–Kier alpha value is -2.78. The Kier molecular flexibility index (Phi) is 5.99. The molecular formula is C20H23N3O5S. The maximum Gasteiger partial charge on any atom is 0.272 e. The molecule has 2 aromatic carbocycles. The number of amides is 1. The van der Waals surface area contributed by atoms with Crippen LogP contribution in [0, 0.1) is 23.0 Å². The lowest BCUT2D eigenvalue weighted by Crippen LogP contribution is -2.37. The summed E-state index contributed by atoms with van der Waals surface area (Å²) >= 11 is 0. The first-order chi connectivity index (χ1) is 13.7. The standard InChI is InChI=1S/C20H23N3O5S/c1-14-9-11-22(12-10-14)29(27,28)18-6-4-17(5-7-18)21-20(24)16-3-8-19(23(25)26)15(2)13-16/h3-8,13-14H,9-12H2,1-2H3,(H,21,24). The van der Waals surface area contributed by atoms with E-state index in [1.165, 1.54) is 46.8 Å². The molecule has 1 aliphatic heterocycles. The molecule has 154 valence electrons. The molecule has 3 rings (SSSR count). The van der Waals surface area contributed by atoms with Gasteiger partial charge in [-0.2, -0.15) is 4.31 Å². The van der Waals surface area contributed by atoms with Gasteiger partial charge in [-0.25, -0.2) is 8.42 Å². The van der Waals surface area contributed by atoms with Crippen molar-refractivity contribution in [3.63, 3.8) is 0 Å². The minimum absolute atomic E-state index is 0.0526. The van der Waals surface area contributed by atoms with E-state index >= 15 is 0 Å². The molecule has 0 bridgehead atoms. The second kappa shape index (κ2) is 8.30. The maximum atomic E-state index is 12.8. The van der Waals surface area contributed by atoms with Gasteiger partial charge in [-0.05, 0) is 62.1 Å². The largest absolute Gasteiger partial charge is 0.322 e. The van der Waals surface area contributed by atoms with E-state index in [1.54, 1.807) is 6.92 Å².